The molecule has 3 aromatic rings. The van der Waals surface area contributed by atoms with Crippen LogP contribution in [0.5, 0.6) is 5.75 Å². The highest BCUT2D eigenvalue weighted by molar-refractivity contribution is 6.00. The highest BCUT2D eigenvalue weighted by Crippen LogP contribution is 2.30. The molecule has 1 saturated carbocycles. The molecule has 9 nitrogen and oxygen atoms in total. The molecule has 1 heterocycles. The first-order valence-corrected chi connectivity index (χ1v) is 10.4. The summed E-state index contributed by atoms with van der Waals surface area (Å²) in [7, 11) is 0. The number of nitrogens with zero attached hydrogens (tertiary/aromatic N) is 2. The van der Waals surface area contributed by atoms with Crippen molar-refractivity contribution in [3.05, 3.63) is 59.5 Å². The average Bonchev–Trinajstić information content (AvgIpc) is 3.28. The molecule has 1 fully saturated rings. The lowest BCUT2D eigenvalue weighted by Gasteiger charge is -2.27. The number of nitrogens with one attached hydrogen (secondary N) is 2. The van der Waals surface area contributed by atoms with Crippen molar-refractivity contribution in [3.8, 4) is 5.75 Å². The maximum absolute atomic E-state index is 14.5. The molecule has 0 spiro atoms. The molecule has 0 unspecified atom stereocenters. The highest BCUT2D eigenvalue weighted by Gasteiger charge is 2.27. The number of hydrogen-bond donors (Lipinski definition) is 3. The summed E-state index contributed by atoms with van der Waals surface area (Å²) in [4.78, 5) is 23.4. The van der Waals surface area contributed by atoms with Gasteiger partial charge < -0.3 is 24.9 Å². The Balaban J connectivity index is 1.36. The normalized spacial score (nSPS) is 17.6. The van der Waals surface area contributed by atoms with Crippen molar-refractivity contribution in [1.82, 2.24) is 10.2 Å². The van der Waals surface area contributed by atoms with Crippen LogP contribution in [-0.4, -0.2) is 33.3 Å². The molecule has 1 amide bonds. The molecular formula is C22H18F4N4O5. The lowest BCUT2D eigenvalue weighted by Crippen LogP contribution is -2.28. The van der Waals surface area contributed by atoms with E-state index in [9.17, 15) is 27.2 Å². The van der Waals surface area contributed by atoms with Gasteiger partial charge >= 0.3 is 23.8 Å². The van der Waals surface area contributed by atoms with Crippen LogP contribution in [0.3, 0.4) is 0 Å². The van der Waals surface area contributed by atoms with E-state index >= 15 is 0 Å². The molecule has 0 atom stereocenters. The predicted molar refractivity (Wildman–Crippen MR) is 112 cm³/mol. The molecule has 184 valence electrons. The zero-order chi connectivity index (χ0) is 25.1. The van der Waals surface area contributed by atoms with E-state index in [1.165, 1.54) is 12.1 Å². The monoisotopic (exact) mass is 494 g/mol. The number of carboxylic acids is 1. The molecule has 0 aliphatic heterocycles. The summed E-state index contributed by atoms with van der Waals surface area (Å²) in [6, 6.07) is 4.12. The Morgan fingerprint density at radius 3 is 2.34 bits per heavy atom. The standard InChI is InChI=1S/C22H18F4N4O5/c23-13-8-15(25)17(9-14(13)24)28-22-30-29-20(35-22)19(31)27-11-3-6-18(16(26)7-11)34-12-4-1-10(2-5-12)21(32)33/h3,6-10,12H,1-2,4-5H2,(H,27,31)(H,28,30)(H,32,33). The Morgan fingerprint density at radius 1 is 0.943 bits per heavy atom. The van der Waals surface area contributed by atoms with E-state index in [1.54, 1.807) is 0 Å². The largest absolute Gasteiger partial charge is 0.487 e. The van der Waals surface area contributed by atoms with Crippen LogP contribution in [0.1, 0.15) is 36.4 Å². The van der Waals surface area contributed by atoms with Crippen LogP contribution in [0.4, 0.5) is 35.0 Å². The average molecular weight is 494 g/mol. The third-order valence-electron chi connectivity index (χ3n) is 5.38. The summed E-state index contributed by atoms with van der Waals surface area (Å²) in [5.74, 6) is -7.35. The lowest BCUT2D eigenvalue weighted by atomic mass is 9.87. The second-order valence-electron chi connectivity index (χ2n) is 7.81. The Morgan fingerprint density at radius 2 is 1.66 bits per heavy atom. The van der Waals surface area contributed by atoms with E-state index < -0.39 is 58.7 Å². The first-order valence-electron chi connectivity index (χ1n) is 10.4. The highest BCUT2D eigenvalue weighted by atomic mass is 19.2. The molecule has 2 aromatic carbocycles. The van der Waals surface area contributed by atoms with Gasteiger partial charge in [-0.15, -0.1) is 5.10 Å². The number of amides is 1. The summed E-state index contributed by atoms with van der Waals surface area (Å²) in [6.45, 7) is 0. The van der Waals surface area contributed by atoms with Gasteiger partial charge in [0.25, 0.3) is 0 Å². The molecule has 35 heavy (non-hydrogen) atoms. The van der Waals surface area contributed by atoms with Crippen LogP contribution in [0, 0.1) is 29.2 Å². The Bertz CT molecular complexity index is 1260. The van der Waals surface area contributed by atoms with Crippen LogP contribution in [0.25, 0.3) is 0 Å². The van der Waals surface area contributed by atoms with Crippen LogP contribution < -0.4 is 15.4 Å². The third-order valence-corrected chi connectivity index (χ3v) is 5.38. The molecule has 1 aliphatic rings. The molecule has 0 saturated heterocycles. The number of hydrogen-bond acceptors (Lipinski definition) is 7. The Labute approximate surface area is 195 Å². The van der Waals surface area contributed by atoms with Gasteiger partial charge in [-0.25, -0.2) is 17.6 Å². The van der Waals surface area contributed by atoms with E-state index in [-0.39, 0.29) is 17.5 Å². The maximum Gasteiger partial charge on any atom is 0.320 e. The molecule has 1 aliphatic carbocycles. The van der Waals surface area contributed by atoms with Crippen molar-refractivity contribution in [1.29, 1.82) is 0 Å². The van der Waals surface area contributed by atoms with E-state index in [1.807, 2.05) is 0 Å². The van der Waals surface area contributed by atoms with Crippen molar-refractivity contribution in [3.63, 3.8) is 0 Å². The molecule has 1 aromatic heterocycles. The topological polar surface area (TPSA) is 127 Å². The molecule has 13 heteroatoms. The fourth-order valence-corrected chi connectivity index (χ4v) is 3.56. The first kappa shape index (κ1) is 24.0. The number of halogens is 4. The summed E-state index contributed by atoms with van der Waals surface area (Å²) in [5, 5.41) is 20.6. The van der Waals surface area contributed by atoms with Crippen LogP contribution in [0.15, 0.2) is 34.7 Å². The minimum absolute atomic E-state index is 0.0420. The SMILES string of the molecule is O=C(Nc1ccc(OC2CCC(C(=O)O)CC2)c(F)c1)c1nnc(Nc2cc(F)c(F)cc2F)o1. The molecular weight excluding hydrogens is 476 g/mol. The van der Waals surface area contributed by atoms with Crippen molar-refractivity contribution >= 4 is 29.3 Å². The van der Waals surface area contributed by atoms with E-state index in [2.05, 4.69) is 20.8 Å². The number of aromatic nitrogens is 2. The second-order valence-corrected chi connectivity index (χ2v) is 7.81. The second kappa shape index (κ2) is 9.99. The molecule has 3 N–H and O–H groups in total. The number of carbonyl (C=O) groups excluding carboxylic acids is 1. The van der Waals surface area contributed by atoms with Gasteiger partial charge in [0.2, 0.25) is 0 Å². The number of anilines is 3. The van der Waals surface area contributed by atoms with Gasteiger partial charge in [-0.05, 0) is 37.8 Å². The Kier molecular flexibility index (Phi) is 6.85. The van der Waals surface area contributed by atoms with Gasteiger partial charge in [0, 0.05) is 23.9 Å². The summed E-state index contributed by atoms with van der Waals surface area (Å²) in [6.07, 6.45) is 1.54. The number of carbonyl (C=O) groups is 2. The predicted octanol–water partition coefficient (Wildman–Crippen LogP) is 4.64. The number of aliphatic carboxylic acids is 1. The van der Waals surface area contributed by atoms with Gasteiger partial charge in [-0.3, -0.25) is 9.59 Å². The van der Waals surface area contributed by atoms with Gasteiger partial charge in [0.1, 0.15) is 5.82 Å². The van der Waals surface area contributed by atoms with E-state index in [4.69, 9.17) is 14.3 Å². The minimum Gasteiger partial charge on any atom is -0.487 e. The molecule has 0 bridgehead atoms. The van der Waals surface area contributed by atoms with Crippen LogP contribution >= 0.6 is 0 Å². The van der Waals surface area contributed by atoms with Crippen molar-refractivity contribution in [2.45, 2.75) is 31.8 Å². The molecule has 0 radical (unpaired) electrons. The quantitative estimate of drug-likeness (QED) is 0.320. The van der Waals surface area contributed by atoms with Gasteiger partial charge in [-0.2, -0.15) is 0 Å². The van der Waals surface area contributed by atoms with Gasteiger partial charge in [0.15, 0.2) is 23.2 Å². The van der Waals surface area contributed by atoms with E-state index in [0.717, 1.165) is 6.07 Å². The van der Waals surface area contributed by atoms with E-state index in [0.29, 0.717) is 37.8 Å². The molecule has 4 rings (SSSR count). The van der Waals surface area contributed by atoms with Crippen LogP contribution in [0.2, 0.25) is 0 Å². The number of rotatable bonds is 7. The lowest BCUT2D eigenvalue weighted by molar-refractivity contribution is -0.143. The fraction of sp³-hybridized carbons (Fsp3) is 0.273. The summed E-state index contributed by atoms with van der Waals surface area (Å²) < 4.78 is 65.2. The maximum atomic E-state index is 14.5. The third kappa shape index (κ3) is 5.67. The van der Waals surface area contributed by atoms with Crippen molar-refractivity contribution < 1.29 is 41.4 Å². The zero-order valence-corrected chi connectivity index (χ0v) is 17.9. The summed E-state index contributed by atoms with van der Waals surface area (Å²) in [5.41, 5.74) is -0.442. The number of ether oxygens (including phenoxy) is 1. The van der Waals surface area contributed by atoms with Crippen LogP contribution in [-0.2, 0) is 4.79 Å². The smallest absolute Gasteiger partial charge is 0.320 e. The fourth-order valence-electron chi connectivity index (χ4n) is 3.56. The zero-order valence-electron chi connectivity index (χ0n) is 17.9. The van der Waals surface area contributed by atoms with Crippen molar-refractivity contribution in [2.24, 2.45) is 5.92 Å². The van der Waals surface area contributed by atoms with Gasteiger partial charge in [0.05, 0.1) is 17.7 Å². The number of carboxylic acid groups (broad SMARTS) is 1. The van der Waals surface area contributed by atoms with Crippen molar-refractivity contribution in [2.75, 3.05) is 10.6 Å². The minimum atomic E-state index is -1.38. The summed E-state index contributed by atoms with van der Waals surface area (Å²) >= 11 is 0. The number of benzene rings is 2. The first-order chi connectivity index (χ1) is 16.7. The Hall–Kier alpha value is -4.16. The van der Waals surface area contributed by atoms with Gasteiger partial charge in [-0.1, -0.05) is 5.10 Å².